The Morgan fingerprint density at radius 1 is 1.03 bits per heavy atom. The van der Waals surface area contributed by atoms with Crippen molar-refractivity contribution in [3.8, 4) is 0 Å². The first-order chi connectivity index (χ1) is 17.0. The SMILES string of the molecule is C[C@@H]1C[C@@H](O)c2ncnc(N3CCN(C(=O)[C@@H](c4ccc(C5CC5)cc4)[C@@H]4CCCN4C)CC3)c21. The van der Waals surface area contributed by atoms with Crippen molar-refractivity contribution in [2.75, 3.05) is 44.7 Å². The molecule has 3 heterocycles. The minimum atomic E-state index is -0.500. The van der Waals surface area contributed by atoms with Crippen LogP contribution in [0.15, 0.2) is 30.6 Å². The highest BCUT2D eigenvalue weighted by molar-refractivity contribution is 5.85. The van der Waals surface area contributed by atoms with E-state index in [1.165, 1.54) is 18.4 Å². The van der Waals surface area contributed by atoms with Crippen LogP contribution in [0.4, 0.5) is 5.82 Å². The Kier molecular flexibility index (Phi) is 6.01. The lowest BCUT2D eigenvalue weighted by molar-refractivity contribution is -0.134. The third kappa shape index (κ3) is 4.23. The first kappa shape index (κ1) is 22.9. The molecule has 4 atom stereocenters. The molecule has 4 aliphatic rings. The fraction of sp³-hybridized carbons (Fsp3) is 0.607. The molecule has 1 N–H and O–H groups in total. The number of aliphatic hydroxyl groups is 1. The van der Waals surface area contributed by atoms with Crippen LogP contribution in [-0.2, 0) is 4.79 Å². The Hall–Kier alpha value is -2.51. The van der Waals surface area contributed by atoms with Crippen LogP contribution in [0.1, 0.15) is 85.3 Å². The van der Waals surface area contributed by atoms with Crippen LogP contribution in [0.3, 0.4) is 0 Å². The second-order valence-corrected chi connectivity index (χ2v) is 11.1. The normalized spacial score (nSPS) is 27.8. The largest absolute Gasteiger partial charge is 0.387 e. The first-order valence-corrected chi connectivity index (χ1v) is 13.4. The average Bonchev–Trinajstić information content (AvgIpc) is 3.59. The number of piperazine rings is 1. The van der Waals surface area contributed by atoms with Crippen LogP contribution < -0.4 is 4.90 Å². The Labute approximate surface area is 208 Å². The Balaban J connectivity index is 1.20. The number of aliphatic hydroxyl groups excluding tert-OH is 1. The Morgan fingerprint density at radius 2 is 1.77 bits per heavy atom. The fourth-order valence-electron chi connectivity index (χ4n) is 6.57. The number of hydrogen-bond donors (Lipinski definition) is 1. The molecular formula is C28H37N5O2. The van der Waals surface area contributed by atoms with Gasteiger partial charge in [0.05, 0.1) is 17.7 Å². The Bertz CT molecular complexity index is 1080. The van der Waals surface area contributed by atoms with Crippen molar-refractivity contribution in [3.63, 3.8) is 0 Å². The van der Waals surface area contributed by atoms with Gasteiger partial charge in [-0.15, -0.1) is 0 Å². The smallest absolute Gasteiger partial charge is 0.231 e. The maximum atomic E-state index is 14.0. The van der Waals surface area contributed by atoms with Crippen molar-refractivity contribution in [1.29, 1.82) is 0 Å². The summed E-state index contributed by atoms with van der Waals surface area (Å²) in [4.78, 5) is 29.7. The van der Waals surface area contributed by atoms with E-state index in [1.54, 1.807) is 6.33 Å². The molecule has 0 radical (unpaired) electrons. The number of benzene rings is 1. The number of fused-ring (bicyclic) bond motifs is 1. The molecular weight excluding hydrogens is 438 g/mol. The maximum Gasteiger partial charge on any atom is 0.231 e. The van der Waals surface area contributed by atoms with E-state index in [0.717, 1.165) is 61.0 Å². The van der Waals surface area contributed by atoms with Crippen LogP contribution in [0.5, 0.6) is 0 Å². The molecule has 2 saturated heterocycles. The molecule has 2 aromatic rings. The third-order valence-corrected chi connectivity index (χ3v) is 8.74. The molecule has 0 unspecified atom stereocenters. The van der Waals surface area contributed by atoms with Crippen LogP contribution in [0, 0.1) is 0 Å². The highest BCUT2D eigenvalue weighted by atomic mass is 16.3. The molecule has 7 heteroatoms. The molecule has 0 bridgehead atoms. The van der Waals surface area contributed by atoms with Gasteiger partial charge in [-0.2, -0.15) is 0 Å². The van der Waals surface area contributed by atoms with Crippen molar-refractivity contribution in [2.45, 2.75) is 68.9 Å². The lowest BCUT2D eigenvalue weighted by Crippen LogP contribution is -2.52. The van der Waals surface area contributed by atoms with Gasteiger partial charge in [-0.1, -0.05) is 31.2 Å². The van der Waals surface area contributed by atoms with Crippen molar-refractivity contribution in [1.82, 2.24) is 19.8 Å². The van der Waals surface area contributed by atoms with Crippen molar-refractivity contribution < 1.29 is 9.90 Å². The lowest BCUT2D eigenvalue weighted by Gasteiger charge is -2.39. The molecule has 2 aliphatic carbocycles. The minimum absolute atomic E-state index is 0.110. The van der Waals surface area contributed by atoms with E-state index in [9.17, 15) is 9.90 Å². The number of carbonyl (C=O) groups is 1. The van der Waals surface area contributed by atoms with Gasteiger partial charge in [0, 0.05) is 37.8 Å². The van der Waals surface area contributed by atoms with Gasteiger partial charge in [-0.05, 0) is 68.7 Å². The predicted molar refractivity (Wildman–Crippen MR) is 136 cm³/mol. The van der Waals surface area contributed by atoms with Gasteiger partial charge in [-0.3, -0.25) is 4.79 Å². The summed E-state index contributed by atoms with van der Waals surface area (Å²) in [5.41, 5.74) is 4.45. The zero-order valence-electron chi connectivity index (χ0n) is 20.9. The summed E-state index contributed by atoms with van der Waals surface area (Å²) in [7, 11) is 2.17. The third-order valence-electron chi connectivity index (χ3n) is 8.74. The maximum absolute atomic E-state index is 14.0. The van der Waals surface area contributed by atoms with Crippen molar-refractivity contribution in [3.05, 3.63) is 53.0 Å². The summed E-state index contributed by atoms with van der Waals surface area (Å²) in [6, 6.07) is 9.21. The zero-order chi connectivity index (χ0) is 24.1. The number of hydrogen-bond acceptors (Lipinski definition) is 6. The van der Waals surface area contributed by atoms with Gasteiger partial charge >= 0.3 is 0 Å². The molecule has 3 fully saturated rings. The van der Waals surface area contributed by atoms with E-state index in [0.29, 0.717) is 19.5 Å². The van der Waals surface area contributed by atoms with Crippen molar-refractivity contribution in [2.24, 2.45) is 0 Å². The van der Waals surface area contributed by atoms with E-state index in [1.807, 2.05) is 0 Å². The monoisotopic (exact) mass is 475 g/mol. The van der Waals surface area contributed by atoms with Crippen LogP contribution >= 0.6 is 0 Å². The summed E-state index contributed by atoms with van der Waals surface area (Å²) in [6.45, 7) is 6.10. The number of likely N-dealkylation sites (N-methyl/N-ethyl adjacent to an activating group) is 1. The second kappa shape index (κ2) is 9.17. The number of aromatic nitrogens is 2. The minimum Gasteiger partial charge on any atom is -0.387 e. The highest BCUT2D eigenvalue weighted by Gasteiger charge is 2.39. The molecule has 186 valence electrons. The van der Waals surface area contributed by atoms with Gasteiger partial charge in [0.1, 0.15) is 12.1 Å². The van der Waals surface area contributed by atoms with E-state index in [4.69, 9.17) is 0 Å². The number of anilines is 1. The zero-order valence-corrected chi connectivity index (χ0v) is 20.9. The van der Waals surface area contributed by atoms with E-state index in [-0.39, 0.29) is 23.8 Å². The number of carbonyl (C=O) groups excluding carboxylic acids is 1. The van der Waals surface area contributed by atoms with Crippen LogP contribution in [-0.4, -0.2) is 76.6 Å². The molecule has 0 spiro atoms. The van der Waals surface area contributed by atoms with E-state index < -0.39 is 6.10 Å². The molecule has 35 heavy (non-hydrogen) atoms. The number of rotatable bonds is 5. The van der Waals surface area contributed by atoms with Crippen LogP contribution in [0.2, 0.25) is 0 Å². The first-order valence-electron chi connectivity index (χ1n) is 13.4. The lowest BCUT2D eigenvalue weighted by atomic mass is 9.87. The molecule has 1 amide bonds. The molecule has 7 nitrogen and oxygen atoms in total. The fourth-order valence-corrected chi connectivity index (χ4v) is 6.57. The predicted octanol–water partition coefficient (Wildman–Crippen LogP) is 3.42. The average molecular weight is 476 g/mol. The van der Waals surface area contributed by atoms with Gasteiger partial charge in [-0.25, -0.2) is 9.97 Å². The Morgan fingerprint density at radius 3 is 2.43 bits per heavy atom. The molecule has 1 aromatic carbocycles. The van der Waals surface area contributed by atoms with Gasteiger partial charge in [0.2, 0.25) is 5.91 Å². The summed E-state index contributed by atoms with van der Waals surface area (Å²) in [5, 5.41) is 10.4. The molecule has 1 saturated carbocycles. The summed E-state index contributed by atoms with van der Waals surface area (Å²) >= 11 is 0. The number of amides is 1. The molecule has 2 aliphatic heterocycles. The standard InChI is InChI=1S/C28H37N5O2/c1-18-16-23(34)26-24(18)27(30-17-29-26)32-12-14-33(15-13-32)28(35)25(22-4-3-11-31(22)2)21-9-7-20(8-10-21)19-5-6-19/h7-10,17-19,22-23,25,34H,3-6,11-16H2,1-2H3/t18-,22+,23-,25+/m1/s1. The summed E-state index contributed by atoms with van der Waals surface area (Å²) < 4.78 is 0. The van der Waals surface area contributed by atoms with Gasteiger partial charge < -0.3 is 19.8 Å². The van der Waals surface area contributed by atoms with E-state index in [2.05, 4.69) is 62.9 Å². The topological polar surface area (TPSA) is 72.8 Å². The second-order valence-electron chi connectivity index (χ2n) is 11.1. The summed E-state index contributed by atoms with van der Waals surface area (Å²) in [6.07, 6.45) is 6.60. The summed E-state index contributed by atoms with van der Waals surface area (Å²) in [5.74, 6) is 2.07. The quantitative estimate of drug-likeness (QED) is 0.715. The highest BCUT2D eigenvalue weighted by Crippen LogP contribution is 2.43. The van der Waals surface area contributed by atoms with Gasteiger partial charge in [0.15, 0.2) is 0 Å². The number of nitrogens with zero attached hydrogens (tertiary/aromatic N) is 5. The molecule has 1 aromatic heterocycles. The van der Waals surface area contributed by atoms with Crippen LogP contribution in [0.25, 0.3) is 0 Å². The van der Waals surface area contributed by atoms with E-state index >= 15 is 0 Å². The van der Waals surface area contributed by atoms with Crippen molar-refractivity contribution >= 4 is 11.7 Å². The number of likely N-dealkylation sites (tertiary alicyclic amines) is 1. The molecule has 6 rings (SSSR count). The van der Waals surface area contributed by atoms with Gasteiger partial charge in [0.25, 0.3) is 0 Å².